The van der Waals surface area contributed by atoms with Crippen molar-refractivity contribution in [3.05, 3.63) is 21.9 Å². The quantitative estimate of drug-likeness (QED) is 0.449. The summed E-state index contributed by atoms with van der Waals surface area (Å²) in [5.41, 5.74) is 0.221. The van der Waals surface area contributed by atoms with E-state index in [0.29, 0.717) is 0 Å². The Morgan fingerprint density at radius 1 is 1.82 bits per heavy atom. The number of nitrogens with zero attached hydrogens (tertiary/aromatic N) is 1. The largest absolute Gasteiger partial charge is 0.370 e. The molecular formula is C7H11NO3. The van der Waals surface area contributed by atoms with Crippen LogP contribution in [0.4, 0.5) is 0 Å². The molecule has 0 aromatic carbocycles. The first kappa shape index (κ1) is 8.20. The van der Waals surface area contributed by atoms with E-state index in [1.807, 2.05) is 0 Å². The van der Waals surface area contributed by atoms with Gasteiger partial charge in [-0.25, -0.2) is 0 Å². The van der Waals surface area contributed by atoms with Crippen LogP contribution in [0.15, 0.2) is 11.8 Å². The van der Waals surface area contributed by atoms with E-state index in [1.165, 1.54) is 7.11 Å². The van der Waals surface area contributed by atoms with Gasteiger partial charge < -0.3 is 4.74 Å². The van der Waals surface area contributed by atoms with Crippen molar-refractivity contribution in [1.29, 1.82) is 0 Å². The lowest BCUT2D eigenvalue weighted by Crippen LogP contribution is -2.22. The van der Waals surface area contributed by atoms with Gasteiger partial charge in [0.25, 0.3) is 5.70 Å². The summed E-state index contributed by atoms with van der Waals surface area (Å²) in [6.45, 7) is 0. The fraction of sp³-hybridized carbons (Fsp3) is 0.714. The Bertz CT molecular complexity index is 188. The van der Waals surface area contributed by atoms with E-state index in [9.17, 15) is 10.1 Å². The molecule has 0 N–H and O–H groups in total. The average molecular weight is 157 g/mol. The lowest BCUT2D eigenvalue weighted by atomic mass is 10.0. The highest BCUT2D eigenvalue weighted by molar-refractivity contribution is 5.02. The SMILES string of the molecule is COC1CCCC=C1[N+](=O)[O-]. The van der Waals surface area contributed by atoms with Crippen molar-refractivity contribution in [1.82, 2.24) is 0 Å². The molecule has 1 aliphatic rings. The minimum absolute atomic E-state index is 0.221. The number of allylic oxidation sites excluding steroid dienone is 1. The normalized spacial score (nSPS) is 24.5. The zero-order valence-electron chi connectivity index (χ0n) is 6.45. The Morgan fingerprint density at radius 3 is 3.00 bits per heavy atom. The van der Waals surface area contributed by atoms with Crippen molar-refractivity contribution in [2.45, 2.75) is 25.4 Å². The van der Waals surface area contributed by atoms with Crippen molar-refractivity contribution in [2.24, 2.45) is 0 Å². The van der Waals surface area contributed by atoms with E-state index in [2.05, 4.69) is 0 Å². The van der Waals surface area contributed by atoms with Crippen molar-refractivity contribution in [3.63, 3.8) is 0 Å². The Hall–Kier alpha value is -0.900. The molecule has 0 amide bonds. The van der Waals surface area contributed by atoms with Crippen LogP contribution in [0.1, 0.15) is 19.3 Å². The number of ether oxygens (including phenoxy) is 1. The third-order valence-corrected chi connectivity index (χ3v) is 1.85. The van der Waals surface area contributed by atoms with Crippen LogP contribution in [0.25, 0.3) is 0 Å². The monoisotopic (exact) mass is 157 g/mol. The van der Waals surface area contributed by atoms with Crippen LogP contribution in [-0.2, 0) is 4.74 Å². The van der Waals surface area contributed by atoms with Gasteiger partial charge in [0.05, 0.1) is 4.92 Å². The highest BCUT2D eigenvalue weighted by Gasteiger charge is 2.26. The highest BCUT2D eigenvalue weighted by atomic mass is 16.6. The van der Waals surface area contributed by atoms with Crippen LogP contribution < -0.4 is 0 Å². The van der Waals surface area contributed by atoms with Gasteiger partial charge in [-0.15, -0.1) is 0 Å². The van der Waals surface area contributed by atoms with Crippen LogP contribution in [0, 0.1) is 10.1 Å². The van der Waals surface area contributed by atoms with Gasteiger partial charge in [-0.3, -0.25) is 10.1 Å². The predicted molar refractivity (Wildman–Crippen MR) is 39.7 cm³/mol. The minimum atomic E-state index is -0.354. The molecule has 4 nitrogen and oxygen atoms in total. The van der Waals surface area contributed by atoms with Gasteiger partial charge in [-0.1, -0.05) is 0 Å². The van der Waals surface area contributed by atoms with Gasteiger partial charge in [0.15, 0.2) is 0 Å². The first-order valence-electron chi connectivity index (χ1n) is 3.63. The molecule has 0 aromatic heterocycles. The molecule has 0 aromatic rings. The van der Waals surface area contributed by atoms with Crippen molar-refractivity contribution >= 4 is 0 Å². The first-order chi connectivity index (χ1) is 5.25. The molecule has 0 spiro atoms. The van der Waals surface area contributed by atoms with Crippen LogP contribution in [0.5, 0.6) is 0 Å². The van der Waals surface area contributed by atoms with Crippen LogP contribution in [-0.4, -0.2) is 18.1 Å². The van der Waals surface area contributed by atoms with E-state index >= 15 is 0 Å². The maximum Gasteiger partial charge on any atom is 0.270 e. The summed E-state index contributed by atoms with van der Waals surface area (Å²) in [5, 5.41) is 10.4. The number of nitro groups is 1. The molecule has 0 fully saturated rings. The van der Waals surface area contributed by atoms with Crippen LogP contribution in [0.2, 0.25) is 0 Å². The molecule has 0 heterocycles. The lowest BCUT2D eigenvalue weighted by Gasteiger charge is -2.15. The van der Waals surface area contributed by atoms with Gasteiger partial charge in [-0.05, 0) is 25.3 Å². The fourth-order valence-corrected chi connectivity index (χ4v) is 1.26. The van der Waals surface area contributed by atoms with Gasteiger partial charge in [0.2, 0.25) is 0 Å². The summed E-state index contributed by atoms with van der Waals surface area (Å²) < 4.78 is 4.96. The molecular weight excluding hydrogens is 146 g/mol. The Balaban J connectivity index is 2.71. The number of hydrogen-bond donors (Lipinski definition) is 0. The molecule has 0 bridgehead atoms. The molecule has 1 aliphatic carbocycles. The molecule has 0 saturated carbocycles. The smallest absolute Gasteiger partial charge is 0.270 e. The van der Waals surface area contributed by atoms with E-state index in [4.69, 9.17) is 4.74 Å². The maximum absolute atomic E-state index is 10.4. The van der Waals surface area contributed by atoms with E-state index in [-0.39, 0.29) is 16.7 Å². The third kappa shape index (κ3) is 1.77. The molecule has 1 unspecified atom stereocenters. The highest BCUT2D eigenvalue weighted by Crippen LogP contribution is 2.20. The van der Waals surface area contributed by atoms with Gasteiger partial charge in [0, 0.05) is 7.11 Å². The van der Waals surface area contributed by atoms with Gasteiger partial charge in [0.1, 0.15) is 6.10 Å². The predicted octanol–water partition coefficient (Wildman–Crippen LogP) is 1.35. The fourth-order valence-electron chi connectivity index (χ4n) is 1.26. The lowest BCUT2D eigenvalue weighted by molar-refractivity contribution is -0.438. The standard InChI is InChI=1S/C7H11NO3/c1-11-7-5-3-2-4-6(7)8(9)10/h4,7H,2-3,5H2,1H3. The Morgan fingerprint density at radius 2 is 2.55 bits per heavy atom. The summed E-state index contributed by atoms with van der Waals surface area (Å²) in [5.74, 6) is 0. The molecule has 11 heavy (non-hydrogen) atoms. The van der Waals surface area contributed by atoms with Crippen molar-refractivity contribution in [2.75, 3.05) is 7.11 Å². The summed E-state index contributed by atoms with van der Waals surface area (Å²) in [4.78, 5) is 10.0. The number of methoxy groups -OCH3 is 1. The second-order valence-electron chi connectivity index (χ2n) is 2.54. The zero-order valence-corrected chi connectivity index (χ0v) is 6.45. The molecule has 62 valence electrons. The molecule has 0 radical (unpaired) electrons. The second kappa shape index (κ2) is 3.48. The van der Waals surface area contributed by atoms with E-state index in [0.717, 1.165) is 19.3 Å². The minimum Gasteiger partial charge on any atom is -0.370 e. The van der Waals surface area contributed by atoms with Gasteiger partial charge in [-0.2, -0.15) is 0 Å². The first-order valence-corrected chi connectivity index (χ1v) is 3.63. The van der Waals surface area contributed by atoms with Crippen LogP contribution in [0.3, 0.4) is 0 Å². The molecule has 1 rings (SSSR count). The Labute approximate surface area is 65.0 Å². The van der Waals surface area contributed by atoms with Crippen LogP contribution >= 0.6 is 0 Å². The summed E-state index contributed by atoms with van der Waals surface area (Å²) >= 11 is 0. The molecule has 0 aliphatic heterocycles. The molecule has 0 saturated heterocycles. The average Bonchev–Trinajstić information content (AvgIpc) is 2.04. The maximum atomic E-state index is 10.4. The number of hydrogen-bond acceptors (Lipinski definition) is 3. The van der Waals surface area contributed by atoms with E-state index < -0.39 is 0 Å². The number of rotatable bonds is 2. The molecule has 1 atom stereocenters. The third-order valence-electron chi connectivity index (χ3n) is 1.85. The summed E-state index contributed by atoms with van der Waals surface area (Å²) in [6, 6.07) is 0. The second-order valence-corrected chi connectivity index (χ2v) is 2.54. The van der Waals surface area contributed by atoms with Crippen molar-refractivity contribution < 1.29 is 9.66 Å². The van der Waals surface area contributed by atoms with E-state index in [1.54, 1.807) is 6.08 Å². The Kier molecular flexibility index (Phi) is 2.59. The zero-order chi connectivity index (χ0) is 8.27. The molecule has 4 heteroatoms. The summed E-state index contributed by atoms with van der Waals surface area (Å²) in [6.07, 6.45) is 3.91. The summed E-state index contributed by atoms with van der Waals surface area (Å²) in [7, 11) is 1.51. The van der Waals surface area contributed by atoms with Gasteiger partial charge >= 0.3 is 0 Å². The van der Waals surface area contributed by atoms with Crippen molar-refractivity contribution in [3.8, 4) is 0 Å². The topological polar surface area (TPSA) is 52.4 Å².